The van der Waals surface area contributed by atoms with Crippen LogP contribution in [0, 0.1) is 11.8 Å². The summed E-state index contributed by atoms with van der Waals surface area (Å²) in [6.07, 6.45) is 1.06. The van der Waals surface area contributed by atoms with E-state index in [2.05, 4.69) is 31.4 Å². The Balaban J connectivity index is 2.50. The molecule has 0 bridgehead atoms. The van der Waals surface area contributed by atoms with E-state index >= 15 is 0 Å². The van der Waals surface area contributed by atoms with Crippen molar-refractivity contribution in [1.82, 2.24) is 10.6 Å². The molecule has 2 N–H and O–H groups in total. The summed E-state index contributed by atoms with van der Waals surface area (Å²) in [7, 11) is 1.66. The number of amides is 1. The monoisotopic (exact) mass is 272 g/mol. The molecule has 19 heavy (non-hydrogen) atoms. The Labute approximate surface area is 116 Å². The first-order chi connectivity index (χ1) is 9.10. The van der Waals surface area contributed by atoms with Crippen LogP contribution in [0.1, 0.15) is 27.2 Å². The summed E-state index contributed by atoms with van der Waals surface area (Å²) >= 11 is 0. The van der Waals surface area contributed by atoms with E-state index in [-0.39, 0.29) is 23.9 Å². The summed E-state index contributed by atoms with van der Waals surface area (Å²) in [4.78, 5) is 12.3. The van der Waals surface area contributed by atoms with Crippen LogP contribution in [0.15, 0.2) is 0 Å². The molecule has 0 radical (unpaired) electrons. The van der Waals surface area contributed by atoms with Crippen LogP contribution >= 0.6 is 0 Å². The molecule has 1 fully saturated rings. The van der Waals surface area contributed by atoms with E-state index in [0.717, 1.165) is 13.0 Å². The zero-order valence-corrected chi connectivity index (χ0v) is 12.6. The van der Waals surface area contributed by atoms with Crippen LogP contribution in [0.25, 0.3) is 0 Å². The number of ether oxygens (including phenoxy) is 2. The highest BCUT2D eigenvalue weighted by atomic mass is 16.5. The largest absolute Gasteiger partial charge is 0.383 e. The van der Waals surface area contributed by atoms with E-state index in [0.29, 0.717) is 25.7 Å². The maximum atomic E-state index is 12.3. The van der Waals surface area contributed by atoms with Crippen molar-refractivity contribution in [3.8, 4) is 0 Å². The van der Waals surface area contributed by atoms with Crippen molar-refractivity contribution in [3.05, 3.63) is 0 Å². The van der Waals surface area contributed by atoms with Gasteiger partial charge < -0.3 is 20.1 Å². The molecule has 5 heteroatoms. The second kappa shape index (κ2) is 8.51. The van der Waals surface area contributed by atoms with Gasteiger partial charge in [-0.2, -0.15) is 0 Å². The van der Waals surface area contributed by atoms with Crippen molar-refractivity contribution >= 4 is 5.91 Å². The molecule has 3 unspecified atom stereocenters. The third-order valence-corrected chi connectivity index (χ3v) is 3.55. The van der Waals surface area contributed by atoms with E-state index in [1.807, 2.05) is 0 Å². The molecular weight excluding hydrogens is 244 g/mol. The van der Waals surface area contributed by atoms with Gasteiger partial charge in [0.1, 0.15) is 0 Å². The topological polar surface area (TPSA) is 59.6 Å². The maximum absolute atomic E-state index is 12.3. The van der Waals surface area contributed by atoms with E-state index in [1.54, 1.807) is 7.11 Å². The molecule has 0 aromatic rings. The summed E-state index contributed by atoms with van der Waals surface area (Å²) < 4.78 is 10.6. The Kier molecular flexibility index (Phi) is 7.34. The van der Waals surface area contributed by atoms with Crippen molar-refractivity contribution in [3.63, 3.8) is 0 Å². The first kappa shape index (κ1) is 16.4. The Morgan fingerprint density at radius 2 is 2.16 bits per heavy atom. The van der Waals surface area contributed by atoms with Gasteiger partial charge >= 0.3 is 0 Å². The van der Waals surface area contributed by atoms with Crippen molar-refractivity contribution in [2.24, 2.45) is 11.8 Å². The fraction of sp³-hybridized carbons (Fsp3) is 0.929. The number of carbonyl (C=O) groups is 1. The predicted molar refractivity (Wildman–Crippen MR) is 75.0 cm³/mol. The summed E-state index contributed by atoms with van der Waals surface area (Å²) in [5.41, 5.74) is 0. The highest BCUT2D eigenvalue weighted by Gasteiger charge is 2.34. The van der Waals surface area contributed by atoms with Crippen LogP contribution < -0.4 is 10.6 Å². The van der Waals surface area contributed by atoms with Gasteiger partial charge in [-0.1, -0.05) is 20.8 Å². The summed E-state index contributed by atoms with van der Waals surface area (Å²) in [5.74, 6) is 0.333. The highest BCUT2D eigenvalue weighted by molar-refractivity contribution is 5.80. The van der Waals surface area contributed by atoms with E-state index in [1.165, 1.54) is 0 Å². The van der Waals surface area contributed by atoms with Gasteiger partial charge in [0.25, 0.3) is 0 Å². The van der Waals surface area contributed by atoms with Crippen molar-refractivity contribution < 1.29 is 14.3 Å². The molecule has 0 aliphatic carbocycles. The smallest absolute Gasteiger partial charge is 0.227 e. The van der Waals surface area contributed by atoms with Crippen LogP contribution in [0.4, 0.5) is 0 Å². The van der Waals surface area contributed by atoms with E-state index in [4.69, 9.17) is 9.47 Å². The lowest BCUT2D eigenvalue weighted by atomic mass is 10.00. The lowest BCUT2D eigenvalue weighted by Gasteiger charge is -2.25. The Morgan fingerprint density at radius 1 is 1.42 bits per heavy atom. The predicted octanol–water partition coefficient (Wildman–Crippen LogP) is 0.788. The minimum atomic E-state index is -0.0929. The molecule has 1 rings (SSSR count). The van der Waals surface area contributed by atoms with E-state index in [9.17, 15) is 4.79 Å². The molecule has 1 aliphatic heterocycles. The van der Waals surface area contributed by atoms with Gasteiger partial charge in [-0.3, -0.25) is 4.79 Å². The first-order valence-electron chi connectivity index (χ1n) is 7.20. The van der Waals surface area contributed by atoms with Crippen LogP contribution in [0.5, 0.6) is 0 Å². The van der Waals surface area contributed by atoms with Gasteiger partial charge in [-0.25, -0.2) is 0 Å². The molecule has 0 aromatic carbocycles. The first-order valence-corrected chi connectivity index (χ1v) is 7.20. The van der Waals surface area contributed by atoms with Crippen LogP contribution in [0.2, 0.25) is 0 Å². The molecule has 3 atom stereocenters. The molecule has 0 saturated carbocycles. The number of carbonyl (C=O) groups excluding carboxylic acids is 1. The fourth-order valence-corrected chi connectivity index (χ4v) is 2.21. The molecule has 0 spiro atoms. The fourth-order valence-electron chi connectivity index (χ4n) is 2.21. The lowest BCUT2D eigenvalue weighted by Crippen LogP contribution is -2.49. The Hall–Kier alpha value is -0.650. The Morgan fingerprint density at radius 3 is 2.74 bits per heavy atom. The SMILES string of the molecule is CCCNC1COCC1C(=O)NC(COC)C(C)C. The number of hydrogen-bond acceptors (Lipinski definition) is 4. The number of hydrogen-bond donors (Lipinski definition) is 2. The minimum Gasteiger partial charge on any atom is -0.383 e. The molecule has 1 saturated heterocycles. The van der Waals surface area contributed by atoms with Gasteiger partial charge in [-0.05, 0) is 18.9 Å². The number of rotatable bonds is 8. The molecular formula is C14H28N2O3. The van der Waals surface area contributed by atoms with E-state index < -0.39 is 0 Å². The summed E-state index contributed by atoms with van der Waals surface area (Å²) in [5, 5.41) is 6.46. The molecule has 1 amide bonds. The second-order valence-corrected chi connectivity index (χ2v) is 5.52. The molecule has 1 aliphatic rings. The summed E-state index contributed by atoms with van der Waals surface area (Å²) in [6, 6.07) is 0.195. The molecule has 112 valence electrons. The average molecular weight is 272 g/mol. The Bertz CT molecular complexity index is 271. The standard InChI is InChI=1S/C14H28N2O3/c1-5-6-15-13-9-19-7-11(13)14(17)16-12(8-18-4)10(2)3/h10-13,15H,5-9H2,1-4H3,(H,16,17). The van der Waals surface area contributed by atoms with Crippen LogP contribution in [-0.2, 0) is 14.3 Å². The lowest BCUT2D eigenvalue weighted by molar-refractivity contribution is -0.126. The summed E-state index contributed by atoms with van der Waals surface area (Å²) in [6.45, 7) is 8.88. The third-order valence-electron chi connectivity index (χ3n) is 3.55. The zero-order valence-electron chi connectivity index (χ0n) is 12.6. The molecule has 5 nitrogen and oxygen atoms in total. The van der Waals surface area contributed by atoms with Crippen LogP contribution in [0.3, 0.4) is 0 Å². The maximum Gasteiger partial charge on any atom is 0.227 e. The van der Waals surface area contributed by atoms with Crippen molar-refractivity contribution in [2.75, 3.05) is 33.5 Å². The van der Waals surface area contributed by atoms with Crippen LogP contribution in [-0.4, -0.2) is 51.5 Å². The van der Waals surface area contributed by atoms with Gasteiger partial charge in [0, 0.05) is 13.2 Å². The van der Waals surface area contributed by atoms with Gasteiger partial charge in [0.15, 0.2) is 0 Å². The quantitative estimate of drug-likeness (QED) is 0.686. The van der Waals surface area contributed by atoms with Gasteiger partial charge in [-0.15, -0.1) is 0 Å². The molecule has 1 heterocycles. The number of nitrogens with one attached hydrogen (secondary N) is 2. The van der Waals surface area contributed by atoms with Gasteiger partial charge in [0.2, 0.25) is 5.91 Å². The third kappa shape index (κ3) is 5.09. The van der Waals surface area contributed by atoms with Gasteiger partial charge in [0.05, 0.1) is 31.8 Å². The zero-order chi connectivity index (χ0) is 14.3. The van der Waals surface area contributed by atoms with Crippen molar-refractivity contribution in [2.45, 2.75) is 39.3 Å². The minimum absolute atomic E-state index is 0.0601. The number of methoxy groups -OCH3 is 1. The van der Waals surface area contributed by atoms with Crippen molar-refractivity contribution in [1.29, 1.82) is 0 Å². The average Bonchev–Trinajstić information content (AvgIpc) is 2.83. The molecule has 0 aromatic heterocycles. The highest BCUT2D eigenvalue weighted by Crippen LogP contribution is 2.15. The normalized spacial score (nSPS) is 24.7. The second-order valence-electron chi connectivity index (χ2n) is 5.52.